The molecule has 1 aromatic rings. The van der Waals surface area contributed by atoms with Gasteiger partial charge in [-0.3, -0.25) is 4.79 Å². The first kappa shape index (κ1) is 15.0. The number of hydrogen-bond acceptors (Lipinski definition) is 3. The third-order valence-electron chi connectivity index (χ3n) is 2.46. The standard InChI is InChI=1S/C14H20ClNO2/c1-4-18-14(17)9-13(16-10(2)3)11-6-5-7-12(15)8-11/h5-8,10,13,16H,4,9H2,1-3H3. The molecular weight excluding hydrogens is 250 g/mol. The normalized spacial score (nSPS) is 12.5. The predicted molar refractivity (Wildman–Crippen MR) is 73.7 cm³/mol. The highest BCUT2D eigenvalue weighted by Gasteiger charge is 2.17. The average Bonchev–Trinajstić information content (AvgIpc) is 2.28. The monoisotopic (exact) mass is 269 g/mol. The van der Waals surface area contributed by atoms with Crippen molar-refractivity contribution in [2.24, 2.45) is 0 Å². The molecule has 0 aliphatic carbocycles. The molecule has 1 N–H and O–H groups in total. The number of hydrogen-bond donors (Lipinski definition) is 1. The molecule has 0 aliphatic heterocycles. The van der Waals surface area contributed by atoms with Gasteiger partial charge in [0.25, 0.3) is 0 Å². The van der Waals surface area contributed by atoms with Crippen LogP contribution in [-0.2, 0) is 9.53 Å². The van der Waals surface area contributed by atoms with E-state index in [2.05, 4.69) is 5.32 Å². The van der Waals surface area contributed by atoms with Crippen LogP contribution >= 0.6 is 11.6 Å². The lowest BCUT2D eigenvalue weighted by molar-refractivity contribution is -0.143. The number of nitrogens with one attached hydrogen (secondary N) is 1. The van der Waals surface area contributed by atoms with E-state index in [1.807, 2.05) is 45.0 Å². The topological polar surface area (TPSA) is 38.3 Å². The van der Waals surface area contributed by atoms with Crippen molar-refractivity contribution in [1.82, 2.24) is 5.32 Å². The fourth-order valence-electron chi connectivity index (χ4n) is 1.79. The first-order valence-corrected chi connectivity index (χ1v) is 6.57. The number of carbonyl (C=O) groups excluding carboxylic acids is 1. The van der Waals surface area contributed by atoms with E-state index in [0.29, 0.717) is 18.1 Å². The Morgan fingerprint density at radius 2 is 2.17 bits per heavy atom. The molecule has 0 saturated carbocycles. The lowest BCUT2D eigenvalue weighted by atomic mass is 10.0. The summed E-state index contributed by atoms with van der Waals surface area (Å²) in [7, 11) is 0. The molecule has 3 nitrogen and oxygen atoms in total. The van der Waals surface area contributed by atoms with Crippen LogP contribution in [0.25, 0.3) is 0 Å². The van der Waals surface area contributed by atoms with Crippen LogP contribution in [0.4, 0.5) is 0 Å². The van der Waals surface area contributed by atoms with E-state index in [1.54, 1.807) is 0 Å². The SMILES string of the molecule is CCOC(=O)CC(NC(C)C)c1cccc(Cl)c1. The highest BCUT2D eigenvalue weighted by atomic mass is 35.5. The second kappa shape index (κ2) is 7.39. The molecule has 0 fully saturated rings. The number of ether oxygens (including phenoxy) is 1. The summed E-state index contributed by atoms with van der Waals surface area (Å²) in [5.74, 6) is -0.198. The first-order chi connectivity index (χ1) is 8.52. The first-order valence-electron chi connectivity index (χ1n) is 6.20. The minimum absolute atomic E-state index is 0.0669. The maximum absolute atomic E-state index is 11.6. The Morgan fingerprint density at radius 1 is 1.44 bits per heavy atom. The van der Waals surface area contributed by atoms with Crippen molar-refractivity contribution in [2.45, 2.75) is 39.3 Å². The minimum atomic E-state index is -0.198. The van der Waals surface area contributed by atoms with Crippen molar-refractivity contribution in [1.29, 1.82) is 0 Å². The Kier molecular flexibility index (Phi) is 6.16. The Labute approximate surface area is 113 Å². The zero-order valence-electron chi connectivity index (χ0n) is 11.1. The molecule has 1 atom stereocenters. The Hall–Kier alpha value is -1.06. The third kappa shape index (κ3) is 5.07. The zero-order chi connectivity index (χ0) is 13.5. The van der Waals surface area contributed by atoms with E-state index < -0.39 is 0 Å². The Morgan fingerprint density at radius 3 is 2.72 bits per heavy atom. The van der Waals surface area contributed by atoms with Crippen molar-refractivity contribution in [3.63, 3.8) is 0 Å². The molecule has 1 aromatic carbocycles. The summed E-state index contributed by atoms with van der Waals surface area (Å²) in [6, 6.07) is 7.76. The Balaban J connectivity index is 2.80. The molecule has 100 valence electrons. The summed E-state index contributed by atoms with van der Waals surface area (Å²) >= 11 is 5.98. The van der Waals surface area contributed by atoms with Crippen molar-refractivity contribution >= 4 is 17.6 Å². The zero-order valence-corrected chi connectivity index (χ0v) is 11.8. The molecule has 0 saturated heterocycles. The predicted octanol–water partition coefficient (Wildman–Crippen LogP) is 3.33. The number of halogens is 1. The summed E-state index contributed by atoms with van der Waals surface area (Å²) in [5, 5.41) is 4.03. The molecule has 1 unspecified atom stereocenters. The highest BCUT2D eigenvalue weighted by Crippen LogP contribution is 2.21. The van der Waals surface area contributed by atoms with E-state index >= 15 is 0 Å². The molecule has 18 heavy (non-hydrogen) atoms. The van der Waals surface area contributed by atoms with Gasteiger partial charge in [-0.2, -0.15) is 0 Å². The van der Waals surface area contributed by atoms with E-state index in [4.69, 9.17) is 16.3 Å². The minimum Gasteiger partial charge on any atom is -0.466 e. The summed E-state index contributed by atoms with van der Waals surface area (Å²) < 4.78 is 4.99. The summed E-state index contributed by atoms with van der Waals surface area (Å²) in [4.78, 5) is 11.6. The molecule has 0 aliphatic rings. The maximum Gasteiger partial charge on any atom is 0.307 e. The lowest BCUT2D eigenvalue weighted by Gasteiger charge is -2.21. The Bertz CT molecular complexity index is 393. The van der Waals surface area contributed by atoms with Gasteiger partial charge in [-0.15, -0.1) is 0 Å². The molecule has 0 spiro atoms. The van der Waals surface area contributed by atoms with Crippen LogP contribution in [0.1, 0.15) is 38.8 Å². The van der Waals surface area contributed by atoms with Crippen molar-refractivity contribution in [3.8, 4) is 0 Å². The maximum atomic E-state index is 11.6. The molecule has 0 bridgehead atoms. The van der Waals surface area contributed by atoms with Gasteiger partial charge >= 0.3 is 5.97 Å². The quantitative estimate of drug-likeness (QED) is 0.805. The van der Waals surface area contributed by atoms with Gasteiger partial charge in [0.1, 0.15) is 0 Å². The summed E-state index contributed by atoms with van der Waals surface area (Å²) in [6.07, 6.45) is 0.312. The van der Waals surface area contributed by atoms with Crippen molar-refractivity contribution in [2.75, 3.05) is 6.61 Å². The number of esters is 1. The van der Waals surface area contributed by atoms with Gasteiger partial charge < -0.3 is 10.1 Å². The molecule has 0 heterocycles. The molecule has 4 heteroatoms. The molecular formula is C14H20ClNO2. The summed E-state index contributed by atoms with van der Waals surface area (Å²) in [6.45, 7) is 6.30. The second-order valence-corrected chi connectivity index (χ2v) is 4.87. The summed E-state index contributed by atoms with van der Waals surface area (Å²) in [5.41, 5.74) is 1.00. The van der Waals surface area contributed by atoms with Gasteiger partial charge in [0, 0.05) is 17.1 Å². The van der Waals surface area contributed by atoms with Gasteiger partial charge in [-0.1, -0.05) is 37.6 Å². The average molecular weight is 270 g/mol. The van der Waals surface area contributed by atoms with E-state index in [9.17, 15) is 4.79 Å². The van der Waals surface area contributed by atoms with Gasteiger partial charge in [0.05, 0.1) is 13.0 Å². The lowest BCUT2D eigenvalue weighted by Crippen LogP contribution is -2.30. The largest absolute Gasteiger partial charge is 0.466 e. The van der Waals surface area contributed by atoms with Crippen molar-refractivity contribution in [3.05, 3.63) is 34.9 Å². The molecule has 1 rings (SSSR count). The van der Waals surface area contributed by atoms with Crippen LogP contribution in [0.15, 0.2) is 24.3 Å². The van der Waals surface area contributed by atoms with E-state index in [0.717, 1.165) is 5.56 Å². The smallest absolute Gasteiger partial charge is 0.307 e. The van der Waals surface area contributed by atoms with Crippen molar-refractivity contribution < 1.29 is 9.53 Å². The van der Waals surface area contributed by atoms with Gasteiger partial charge in [-0.05, 0) is 24.6 Å². The van der Waals surface area contributed by atoms with Crippen LogP contribution in [0.5, 0.6) is 0 Å². The number of benzene rings is 1. The van der Waals surface area contributed by atoms with Crippen LogP contribution in [0.2, 0.25) is 5.02 Å². The van der Waals surface area contributed by atoms with Gasteiger partial charge in [0.2, 0.25) is 0 Å². The fraction of sp³-hybridized carbons (Fsp3) is 0.500. The van der Waals surface area contributed by atoms with Crippen LogP contribution in [0.3, 0.4) is 0 Å². The molecule has 0 amide bonds. The van der Waals surface area contributed by atoms with Crippen LogP contribution < -0.4 is 5.32 Å². The van der Waals surface area contributed by atoms with E-state index in [-0.39, 0.29) is 18.1 Å². The van der Waals surface area contributed by atoms with Gasteiger partial charge in [0.15, 0.2) is 0 Å². The van der Waals surface area contributed by atoms with Crippen LogP contribution in [0, 0.1) is 0 Å². The second-order valence-electron chi connectivity index (χ2n) is 4.44. The third-order valence-corrected chi connectivity index (χ3v) is 2.70. The number of rotatable bonds is 6. The van der Waals surface area contributed by atoms with Gasteiger partial charge in [-0.25, -0.2) is 0 Å². The van der Waals surface area contributed by atoms with Crippen LogP contribution in [-0.4, -0.2) is 18.6 Å². The molecule has 0 aromatic heterocycles. The van der Waals surface area contributed by atoms with E-state index in [1.165, 1.54) is 0 Å². The number of carbonyl (C=O) groups is 1. The fourth-order valence-corrected chi connectivity index (χ4v) is 1.98. The highest BCUT2D eigenvalue weighted by molar-refractivity contribution is 6.30. The molecule has 0 radical (unpaired) electrons.